The predicted molar refractivity (Wildman–Crippen MR) is 74.0 cm³/mol. The Labute approximate surface area is 114 Å². The van der Waals surface area contributed by atoms with Gasteiger partial charge in [0.25, 0.3) is 0 Å². The van der Waals surface area contributed by atoms with Crippen molar-refractivity contribution in [3.63, 3.8) is 0 Å². The van der Waals surface area contributed by atoms with Gasteiger partial charge in [0, 0.05) is 15.9 Å². The zero-order valence-electron chi connectivity index (χ0n) is 9.25. The fraction of sp³-hybridized carbons (Fsp3) is 0. The average Bonchev–Trinajstić information content (AvgIpc) is 2.27. The molecule has 0 saturated carbocycles. The van der Waals surface area contributed by atoms with Crippen LogP contribution in [-0.2, 0) is 4.57 Å². The monoisotopic (exact) mass is 346 g/mol. The van der Waals surface area contributed by atoms with Crippen molar-refractivity contribution in [2.45, 2.75) is 0 Å². The van der Waals surface area contributed by atoms with E-state index in [9.17, 15) is 14.2 Å². The highest BCUT2D eigenvalue weighted by atomic mass is 79.9. The van der Waals surface area contributed by atoms with Crippen LogP contribution in [0.15, 0.2) is 32.0 Å². The van der Waals surface area contributed by atoms with Crippen LogP contribution in [0.2, 0.25) is 0 Å². The fourth-order valence-corrected chi connectivity index (χ4v) is 2.35. The van der Waals surface area contributed by atoms with Gasteiger partial charge in [0.15, 0.2) is 0 Å². The zero-order chi connectivity index (χ0) is 14.2. The van der Waals surface area contributed by atoms with Crippen LogP contribution in [0.5, 0.6) is 0 Å². The van der Waals surface area contributed by atoms with Crippen molar-refractivity contribution >= 4 is 40.6 Å². The standard InChI is InChI=1S/C10H8BrN2O5P/c11-6-3-5(1-2-19(16,17)18)8-7(4-6)12-9(14)10(15)13-8/h1-4H,(H,12,14)(H,13,15)(H2,16,17,18). The number of nitrogens with one attached hydrogen (secondary N) is 2. The Balaban J connectivity index is 2.77. The maximum absolute atomic E-state index is 11.3. The van der Waals surface area contributed by atoms with Gasteiger partial charge in [-0.05, 0) is 18.2 Å². The molecule has 0 aliphatic carbocycles. The van der Waals surface area contributed by atoms with Gasteiger partial charge in [-0.2, -0.15) is 0 Å². The van der Waals surface area contributed by atoms with Crippen LogP contribution in [0.25, 0.3) is 17.1 Å². The highest BCUT2D eigenvalue weighted by Crippen LogP contribution is 2.37. The summed E-state index contributed by atoms with van der Waals surface area (Å²) in [5.74, 6) is 0.720. The van der Waals surface area contributed by atoms with Crippen molar-refractivity contribution in [2.75, 3.05) is 0 Å². The third kappa shape index (κ3) is 3.30. The molecular weight excluding hydrogens is 339 g/mol. The second kappa shape index (κ2) is 4.90. The molecule has 0 bridgehead atoms. The summed E-state index contributed by atoms with van der Waals surface area (Å²) in [6.07, 6.45) is 1.18. The van der Waals surface area contributed by atoms with Crippen LogP contribution < -0.4 is 11.1 Å². The number of aromatic amines is 2. The van der Waals surface area contributed by atoms with Crippen molar-refractivity contribution in [2.24, 2.45) is 0 Å². The van der Waals surface area contributed by atoms with Gasteiger partial charge >= 0.3 is 18.7 Å². The lowest BCUT2D eigenvalue weighted by atomic mass is 10.2. The highest BCUT2D eigenvalue weighted by Gasteiger charge is 2.09. The lowest BCUT2D eigenvalue weighted by Crippen LogP contribution is -2.29. The summed E-state index contributed by atoms with van der Waals surface area (Å²) in [5.41, 5.74) is -0.626. The molecule has 100 valence electrons. The zero-order valence-corrected chi connectivity index (χ0v) is 11.7. The van der Waals surface area contributed by atoms with Crippen molar-refractivity contribution in [3.05, 3.63) is 48.7 Å². The number of aromatic nitrogens is 2. The number of hydrogen-bond donors (Lipinski definition) is 4. The molecule has 0 unspecified atom stereocenters. The van der Waals surface area contributed by atoms with Crippen LogP contribution >= 0.6 is 23.5 Å². The molecule has 2 rings (SSSR count). The minimum Gasteiger partial charge on any atom is -0.321 e. The number of halogens is 1. The molecule has 0 radical (unpaired) electrons. The number of hydrogen-bond acceptors (Lipinski definition) is 3. The van der Waals surface area contributed by atoms with Crippen LogP contribution in [-0.4, -0.2) is 19.8 Å². The first-order valence-corrected chi connectivity index (χ1v) is 7.44. The molecule has 9 heteroatoms. The number of fused-ring (bicyclic) bond motifs is 1. The van der Waals surface area contributed by atoms with E-state index in [0.29, 0.717) is 15.6 Å². The topological polar surface area (TPSA) is 123 Å². The first-order valence-electron chi connectivity index (χ1n) is 4.96. The lowest BCUT2D eigenvalue weighted by molar-refractivity contribution is 0.386. The number of H-pyrrole nitrogens is 2. The molecule has 0 atom stereocenters. The first-order chi connectivity index (χ1) is 8.76. The van der Waals surface area contributed by atoms with Crippen molar-refractivity contribution in [1.29, 1.82) is 0 Å². The molecule has 0 fully saturated rings. The third-order valence-electron chi connectivity index (χ3n) is 2.27. The Hall–Kier alpha value is -1.47. The molecule has 0 aliphatic rings. The first kappa shape index (κ1) is 14.0. The second-order valence-corrected chi connectivity index (χ2v) is 6.12. The van der Waals surface area contributed by atoms with Crippen LogP contribution in [0, 0.1) is 0 Å². The van der Waals surface area contributed by atoms with Gasteiger partial charge < -0.3 is 19.8 Å². The molecule has 19 heavy (non-hydrogen) atoms. The lowest BCUT2D eigenvalue weighted by Gasteiger charge is -2.03. The molecule has 0 spiro atoms. The third-order valence-corrected chi connectivity index (χ3v) is 3.27. The van der Waals surface area contributed by atoms with E-state index in [4.69, 9.17) is 9.79 Å². The second-order valence-electron chi connectivity index (χ2n) is 3.73. The molecule has 1 heterocycles. The van der Waals surface area contributed by atoms with E-state index >= 15 is 0 Å². The fourth-order valence-electron chi connectivity index (χ4n) is 1.52. The van der Waals surface area contributed by atoms with Crippen molar-refractivity contribution in [1.82, 2.24) is 9.97 Å². The highest BCUT2D eigenvalue weighted by molar-refractivity contribution is 9.10. The summed E-state index contributed by atoms with van der Waals surface area (Å²) >= 11 is 3.20. The normalized spacial score (nSPS) is 12.4. The maximum Gasteiger partial charge on any atom is 0.349 e. The van der Waals surface area contributed by atoms with E-state index in [1.54, 1.807) is 12.1 Å². The van der Waals surface area contributed by atoms with Gasteiger partial charge in [-0.15, -0.1) is 0 Å². The van der Waals surface area contributed by atoms with Gasteiger partial charge in [-0.1, -0.05) is 15.9 Å². The van der Waals surface area contributed by atoms with E-state index in [2.05, 4.69) is 25.9 Å². The van der Waals surface area contributed by atoms with E-state index in [-0.39, 0.29) is 5.52 Å². The van der Waals surface area contributed by atoms with E-state index in [0.717, 1.165) is 5.82 Å². The molecular formula is C10H8BrN2O5P. The van der Waals surface area contributed by atoms with Gasteiger partial charge in [-0.25, -0.2) is 0 Å². The van der Waals surface area contributed by atoms with Gasteiger partial charge in [0.1, 0.15) is 0 Å². The van der Waals surface area contributed by atoms with Crippen LogP contribution in [0.4, 0.5) is 0 Å². The quantitative estimate of drug-likeness (QED) is 0.479. The summed E-state index contributed by atoms with van der Waals surface area (Å²) in [5, 5.41) is 0. The summed E-state index contributed by atoms with van der Waals surface area (Å²) in [6, 6.07) is 3.13. The largest absolute Gasteiger partial charge is 0.349 e. The molecule has 0 saturated heterocycles. The number of rotatable bonds is 2. The summed E-state index contributed by atoms with van der Waals surface area (Å²) in [6.45, 7) is 0. The Bertz CT molecular complexity index is 832. The van der Waals surface area contributed by atoms with E-state index < -0.39 is 18.7 Å². The predicted octanol–water partition coefficient (Wildman–Crippen LogP) is 1.13. The molecule has 4 N–H and O–H groups in total. The molecule has 2 aromatic rings. The number of benzene rings is 1. The maximum atomic E-state index is 11.3. The van der Waals surface area contributed by atoms with Gasteiger partial charge in [-0.3, -0.25) is 14.2 Å². The molecule has 0 aliphatic heterocycles. The molecule has 1 aromatic heterocycles. The summed E-state index contributed by atoms with van der Waals surface area (Å²) < 4.78 is 11.4. The summed E-state index contributed by atoms with van der Waals surface area (Å²) in [4.78, 5) is 44.8. The van der Waals surface area contributed by atoms with E-state index in [1.807, 2.05) is 0 Å². The Morgan fingerprint density at radius 1 is 1.16 bits per heavy atom. The Morgan fingerprint density at radius 3 is 2.42 bits per heavy atom. The van der Waals surface area contributed by atoms with E-state index in [1.165, 1.54) is 6.08 Å². The molecule has 0 amide bonds. The molecule has 7 nitrogen and oxygen atoms in total. The van der Waals surface area contributed by atoms with Gasteiger partial charge in [0.2, 0.25) is 0 Å². The minimum atomic E-state index is -4.31. The molecule has 1 aromatic carbocycles. The SMILES string of the molecule is O=c1[nH]c2cc(Br)cc(C=CP(=O)(O)O)c2[nH]c1=O. The Kier molecular flexibility index (Phi) is 3.60. The van der Waals surface area contributed by atoms with Crippen molar-refractivity contribution in [3.8, 4) is 0 Å². The van der Waals surface area contributed by atoms with Crippen LogP contribution in [0.1, 0.15) is 5.56 Å². The smallest absolute Gasteiger partial charge is 0.321 e. The van der Waals surface area contributed by atoms with Gasteiger partial charge in [0.05, 0.1) is 11.0 Å². The Morgan fingerprint density at radius 2 is 1.79 bits per heavy atom. The average molecular weight is 347 g/mol. The van der Waals surface area contributed by atoms with Crippen LogP contribution in [0.3, 0.4) is 0 Å². The van der Waals surface area contributed by atoms with Crippen molar-refractivity contribution < 1.29 is 14.4 Å². The minimum absolute atomic E-state index is 0.289. The summed E-state index contributed by atoms with van der Waals surface area (Å²) in [7, 11) is -4.31.